The number of benzene rings is 2. The average molecular weight is 447 g/mol. The van der Waals surface area contributed by atoms with Gasteiger partial charge in [0.25, 0.3) is 5.91 Å². The summed E-state index contributed by atoms with van der Waals surface area (Å²) >= 11 is 6.01. The van der Waals surface area contributed by atoms with E-state index in [-0.39, 0.29) is 16.4 Å². The van der Waals surface area contributed by atoms with E-state index in [0.717, 1.165) is 6.07 Å². The summed E-state index contributed by atoms with van der Waals surface area (Å²) in [7, 11) is 0. The summed E-state index contributed by atoms with van der Waals surface area (Å²) in [5, 5.41) is 12.3. The minimum absolute atomic E-state index is 0.261. The maximum atomic E-state index is 13.6. The van der Waals surface area contributed by atoms with Crippen molar-refractivity contribution in [2.75, 3.05) is 5.32 Å². The summed E-state index contributed by atoms with van der Waals surface area (Å²) in [6.45, 7) is 5.05. The van der Waals surface area contributed by atoms with Gasteiger partial charge in [0.15, 0.2) is 0 Å². The third kappa shape index (κ3) is 5.08. The predicted molar refractivity (Wildman–Crippen MR) is 114 cm³/mol. The van der Waals surface area contributed by atoms with Crippen molar-refractivity contribution in [1.82, 2.24) is 15.5 Å². The van der Waals surface area contributed by atoms with Crippen molar-refractivity contribution < 1.29 is 18.4 Å². The van der Waals surface area contributed by atoms with E-state index in [9.17, 15) is 18.4 Å². The van der Waals surface area contributed by atoms with Crippen LogP contribution in [0.1, 0.15) is 42.4 Å². The van der Waals surface area contributed by atoms with Crippen molar-refractivity contribution >= 4 is 29.2 Å². The van der Waals surface area contributed by atoms with Gasteiger partial charge in [-0.25, -0.2) is 8.78 Å². The Bertz CT molecular complexity index is 1110. The molecule has 1 heterocycles. The van der Waals surface area contributed by atoms with Crippen LogP contribution in [-0.2, 0) is 10.2 Å². The lowest BCUT2D eigenvalue weighted by atomic mass is 9.81. The third-order valence-electron chi connectivity index (χ3n) is 4.92. The number of hydrogen-bond donors (Lipinski definition) is 3. The molecule has 1 aromatic heterocycles. The molecule has 0 spiro atoms. The highest BCUT2D eigenvalue weighted by Gasteiger charge is 2.28. The number of rotatable bonds is 6. The van der Waals surface area contributed by atoms with Gasteiger partial charge in [-0.1, -0.05) is 37.6 Å². The fourth-order valence-electron chi connectivity index (χ4n) is 2.99. The van der Waals surface area contributed by atoms with Gasteiger partial charge in [0.2, 0.25) is 5.91 Å². The summed E-state index contributed by atoms with van der Waals surface area (Å²) in [6, 6.07) is 10.5. The van der Waals surface area contributed by atoms with Crippen molar-refractivity contribution in [3.05, 3.63) is 82.0 Å². The Kier molecular flexibility index (Phi) is 6.40. The van der Waals surface area contributed by atoms with Crippen LogP contribution in [0.2, 0.25) is 5.02 Å². The molecule has 2 amide bonds. The number of carbonyl (C=O) groups is 2. The minimum atomic E-state index is -0.860. The lowest BCUT2D eigenvalue weighted by Gasteiger charge is -2.23. The van der Waals surface area contributed by atoms with E-state index < -0.39 is 34.9 Å². The molecule has 1 atom stereocenters. The SMILES string of the molecule is C[C@H](NC(=O)c1ccccc1Cl)C(=O)Nc1cc(C(C)(C)c2cc(F)cc(F)c2)n[nH]1. The number of H-pyrrole nitrogens is 1. The zero-order chi connectivity index (χ0) is 22.8. The number of amides is 2. The first-order valence-corrected chi connectivity index (χ1v) is 9.84. The summed E-state index contributed by atoms with van der Waals surface area (Å²) in [4.78, 5) is 24.8. The Labute approximate surface area is 183 Å². The van der Waals surface area contributed by atoms with Gasteiger partial charge in [0.05, 0.1) is 16.3 Å². The smallest absolute Gasteiger partial charge is 0.253 e. The van der Waals surface area contributed by atoms with Gasteiger partial charge in [0, 0.05) is 17.5 Å². The highest BCUT2D eigenvalue weighted by molar-refractivity contribution is 6.33. The second kappa shape index (κ2) is 8.85. The van der Waals surface area contributed by atoms with E-state index in [1.807, 2.05) is 0 Å². The highest BCUT2D eigenvalue weighted by atomic mass is 35.5. The standard InChI is InChI=1S/C22H21ClF2N4O2/c1-12(26-21(31)16-6-4-5-7-17(16)23)20(30)27-19-11-18(28-29-19)22(2,3)13-8-14(24)10-15(25)9-13/h4-12H,1-3H3,(H,26,31)(H2,27,28,29,30)/t12-/m0/s1. The zero-order valence-electron chi connectivity index (χ0n) is 17.1. The van der Waals surface area contributed by atoms with Crippen molar-refractivity contribution in [2.24, 2.45) is 0 Å². The topological polar surface area (TPSA) is 86.9 Å². The first-order chi connectivity index (χ1) is 14.6. The van der Waals surface area contributed by atoms with E-state index in [0.29, 0.717) is 11.3 Å². The first-order valence-electron chi connectivity index (χ1n) is 9.46. The van der Waals surface area contributed by atoms with Crippen molar-refractivity contribution in [3.63, 3.8) is 0 Å². The molecule has 3 aromatic rings. The predicted octanol–water partition coefficient (Wildman–Crippen LogP) is 4.42. The minimum Gasteiger partial charge on any atom is -0.340 e. The van der Waals surface area contributed by atoms with Crippen LogP contribution in [0.25, 0.3) is 0 Å². The Morgan fingerprint density at radius 1 is 1.10 bits per heavy atom. The van der Waals surface area contributed by atoms with E-state index in [2.05, 4.69) is 20.8 Å². The average Bonchev–Trinajstić information content (AvgIpc) is 3.16. The van der Waals surface area contributed by atoms with Crippen LogP contribution in [0.5, 0.6) is 0 Å². The Morgan fingerprint density at radius 3 is 2.39 bits per heavy atom. The quantitative estimate of drug-likeness (QED) is 0.523. The molecule has 0 aliphatic carbocycles. The van der Waals surface area contributed by atoms with Crippen LogP contribution in [0.15, 0.2) is 48.5 Å². The number of anilines is 1. The van der Waals surface area contributed by atoms with Gasteiger partial charge in [-0.15, -0.1) is 0 Å². The van der Waals surface area contributed by atoms with Gasteiger partial charge in [-0.2, -0.15) is 5.10 Å². The molecule has 6 nitrogen and oxygen atoms in total. The molecule has 9 heteroatoms. The number of aromatic amines is 1. The molecular weight excluding hydrogens is 426 g/mol. The number of halogens is 3. The molecule has 162 valence electrons. The Morgan fingerprint density at radius 2 is 1.74 bits per heavy atom. The molecule has 2 aromatic carbocycles. The fourth-order valence-corrected chi connectivity index (χ4v) is 3.22. The summed E-state index contributed by atoms with van der Waals surface area (Å²) in [5.41, 5.74) is 0.304. The van der Waals surface area contributed by atoms with Gasteiger partial charge in [0.1, 0.15) is 23.5 Å². The summed E-state index contributed by atoms with van der Waals surface area (Å²) in [5.74, 6) is -2.05. The van der Waals surface area contributed by atoms with Crippen molar-refractivity contribution in [1.29, 1.82) is 0 Å². The molecular formula is C22H21ClF2N4O2. The van der Waals surface area contributed by atoms with Crippen molar-refractivity contribution in [2.45, 2.75) is 32.2 Å². The van der Waals surface area contributed by atoms with Crippen LogP contribution in [0, 0.1) is 11.6 Å². The lowest BCUT2D eigenvalue weighted by Crippen LogP contribution is -2.41. The van der Waals surface area contributed by atoms with Gasteiger partial charge in [-0.05, 0) is 36.8 Å². The normalized spacial score (nSPS) is 12.3. The summed E-state index contributed by atoms with van der Waals surface area (Å²) < 4.78 is 27.2. The second-order valence-corrected chi connectivity index (χ2v) is 8.02. The zero-order valence-corrected chi connectivity index (χ0v) is 17.8. The number of carbonyl (C=O) groups excluding carboxylic acids is 2. The molecule has 0 fully saturated rings. The van der Waals surface area contributed by atoms with Gasteiger partial charge < -0.3 is 10.6 Å². The number of nitrogens with zero attached hydrogens (tertiary/aromatic N) is 1. The lowest BCUT2D eigenvalue weighted by molar-refractivity contribution is -0.117. The van der Waals surface area contributed by atoms with E-state index in [1.165, 1.54) is 19.1 Å². The van der Waals surface area contributed by atoms with E-state index in [1.54, 1.807) is 44.2 Å². The van der Waals surface area contributed by atoms with E-state index >= 15 is 0 Å². The largest absolute Gasteiger partial charge is 0.340 e. The van der Waals surface area contributed by atoms with Crippen LogP contribution in [-0.4, -0.2) is 28.1 Å². The maximum Gasteiger partial charge on any atom is 0.253 e. The number of nitrogens with one attached hydrogen (secondary N) is 3. The van der Waals surface area contributed by atoms with Crippen LogP contribution in [0.3, 0.4) is 0 Å². The van der Waals surface area contributed by atoms with Crippen LogP contribution >= 0.6 is 11.6 Å². The maximum absolute atomic E-state index is 13.6. The highest BCUT2D eigenvalue weighted by Crippen LogP contribution is 2.32. The Balaban J connectivity index is 1.69. The molecule has 0 aliphatic rings. The van der Waals surface area contributed by atoms with Gasteiger partial charge in [-0.3, -0.25) is 14.7 Å². The monoisotopic (exact) mass is 446 g/mol. The van der Waals surface area contributed by atoms with Crippen LogP contribution in [0.4, 0.5) is 14.6 Å². The van der Waals surface area contributed by atoms with E-state index in [4.69, 9.17) is 11.6 Å². The fraction of sp³-hybridized carbons (Fsp3) is 0.227. The molecule has 0 radical (unpaired) electrons. The second-order valence-electron chi connectivity index (χ2n) is 7.61. The molecule has 0 saturated heterocycles. The first kappa shape index (κ1) is 22.4. The molecule has 0 bridgehead atoms. The van der Waals surface area contributed by atoms with Crippen LogP contribution < -0.4 is 10.6 Å². The Hall–Kier alpha value is -3.26. The van der Waals surface area contributed by atoms with Gasteiger partial charge >= 0.3 is 0 Å². The summed E-state index contributed by atoms with van der Waals surface area (Å²) in [6.07, 6.45) is 0. The third-order valence-corrected chi connectivity index (χ3v) is 5.25. The van der Waals surface area contributed by atoms with Crippen molar-refractivity contribution in [3.8, 4) is 0 Å². The molecule has 31 heavy (non-hydrogen) atoms. The molecule has 0 unspecified atom stereocenters. The number of hydrogen-bond acceptors (Lipinski definition) is 3. The molecule has 0 saturated carbocycles. The molecule has 0 aliphatic heterocycles. The molecule has 3 rings (SSSR count). The molecule has 3 N–H and O–H groups in total. The number of aromatic nitrogens is 2.